The molecule has 126 valence electrons. The van der Waals surface area contributed by atoms with Gasteiger partial charge in [-0.15, -0.1) is 0 Å². The topological polar surface area (TPSA) is 125 Å². The monoisotopic (exact) mass is 323 g/mol. The third kappa shape index (κ3) is 5.57. The Morgan fingerprint density at radius 1 is 1.39 bits per heavy atom. The van der Waals surface area contributed by atoms with Crippen molar-refractivity contribution in [3.63, 3.8) is 0 Å². The van der Waals surface area contributed by atoms with Crippen LogP contribution < -0.4 is 15.8 Å². The summed E-state index contributed by atoms with van der Waals surface area (Å²) in [4.78, 5) is 33.7. The summed E-state index contributed by atoms with van der Waals surface area (Å²) in [5.41, 5.74) is 5.62. The number of primary amides is 1. The van der Waals surface area contributed by atoms with E-state index in [1.54, 1.807) is 0 Å². The Morgan fingerprint density at radius 3 is 2.52 bits per heavy atom. The first-order chi connectivity index (χ1) is 10.7. The summed E-state index contributed by atoms with van der Waals surface area (Å²) < 4.78 is 5.14. The minimum Gasteiger partial charge on any atom is -0.496 e. The first-order valence-corrected chi connectivity index (χ1v) is 7.14. The third-order valence-corrected chi connectivity index (χ3v) is 3.17. The molecule has 0 bridgehead atoms. The molecule has 8 heteroatoms. The molecule has 0 aliphatic carbocycles. The minimum atomic E-state index is -0.961. The molecule has 1 atom stereocenters. The van der Waals surface area contributed by atoms with Crippen molar-refractivity contribution in [1.29, 1.82) is 0 Å². The lowest BCUT2D eigenvalue weighted by Gasteiger charge is -2.17. The van der Waals surface area contributed by atoms with Crippen molar-refractivity contribution >= 4 is 17.5 Å². The van der Waals surface area contributed by atoms with E-state index < -0.39 is 16.9 Å². The van der Waals surface area contributed by atoms with Crippen LogP contribution >= 0.6 is 0 Å². The standard InChI is InChI=1S/C15H21N3O5/c1-9(2)6-14(19)17-12(15(16)20)8-10-7-11(18(21)22)4-5-13(10)23-3/h4-5,7,9,12H,6,8H2,1-3H3,(H2,16,20)(H,17,19)/t12-/m0/s1. The maximum atomic E-state index is 11.8. The van der Waals surface area contributed by atoms with Crippen molar-refractivity contribution in [2.24, 2.45) is 11.7 Å². The molecule has 0 saturated heterocycles. The van der Waals surface area contributed by atoms with Crippen molar-refractivity contribution in [2.45, 2.75) is 32.7 Å². The fourth-order valence-corrected chi connectivity index (χ4v) is 2.10. The molecule has 1 aromatic rings. The van der Waals surface area contributed by atoms with Gasteiger partial charge in [-0.05, 0) is 12.0 Å². The number of ether oxygens (including phenoxy) is 1. The molecule has 0 aliphatic rings. The Balaban J connectivity index is 2.99. The number of methoxy groups -OCH3 is 1. The number of nitrogens with one attached hydrogen (secondary N) is 1. The highest BCUT2D eigenvalue weighted by Crippen LogP contribution is 2.25. The number of nitro groups is 1. The first-order valence-electron chi connectivity index (χ1n) is 7.14. The second kappa shape index (κ2) is 8.11. The highest BCUT2D eigenvalue weighted by molar-refractivity contribution is 5.87. The van der Waals surface area contributed by atoms with Crippen LogP contribution in [-0.4, -0.2) is 29.9 Å². The molecule has 0 saturated carbocycles. The van der Waals surface area contributed by atoms with Crippen LogP contribution in [0.1, 0.15) is 25.8 Å². The highest BCUT2D eigenvalue weighted by Gasteiger charge is 2.22. The van der Waals surface area contributed by atoms with Crippen LogP contribution in [-0.2, 0) is 16.0 Å². The molecule has 2 amide bonds. The number of carbonyl (C=O) groups is 2. The number of benzene rings is 1. The van der Waals surface area contributed by atoms with Crippen LogP contribution in [0.2, 0.25) is 0 Å². The molecular weight excluding hydrogens is 302 g/mol. The molecule has 0 aromatic heterocycles. The summed E-state index contributed by atoms with van der Waals surface area (Å²) in [6.45, 7) is 3.75. The predicted octanol–water partition coefficient (Wildman–Crippen LogP) is 1.16. The number of amides is 2. The Hall–Kier alpha value is -2.64. The van der Waals surface area contributed by atoms with Crippen LogP contribution in [0.3, 0.4) is 0 Å². The third-order valence-electron chi connectivity index (χ3n) is 3.17. The van der Waals surface area contributed by atoms with Gasteiger partial charge in [0.1, 0.15) is 11.8 Å². The maximum Gasteiger partial charge on any atom is 0.269 e. The quantitative estimate of drug-likeness (QED) is 0.548. The van der Waals surface area contributed by atoms with Gasteiger partial charge in [0, 0.05) is 30.5 Å². The van der Waals surface area contributed by atoms with Gasteiger partial charge >= 0.3 is 0 Å². The SMILES string of the molecule is COc1ccc([N+](=O)[O-])cc1C[C@H](NC(=O)CC(C)C)C(N)=O. The number of nitrogens with two attached hydrogens (primary N) is 1. The molecule has 0 fully saturated rings. The lowest BCUT2D eigenvalue weighted by molar-refractivity contribution is -0.384. The Kier molecular flexibility index (Phi) is 6.49. The molecule has 0 aliphatic heterocycles. The van der Waals surface area contributed by atoms with E-state index in [1.165, 1.54) is 25.3 Å². The molecule has 0 radical (unpaired) electrons. The van der Waals surface area contributed by atoms with Gasteiger partial charge in [-0.2, -0.15) is 0 Å². The van der Waals surface area contributed by atoms with Crippen molar-refractivity contribution in [3.05, 3.63) is 33.9 Å². The number of carbonyl (C=O) groups excluding carboxylic acids is 2. The fraction of sp³-hybridized carbons (Fsp3) is 0.467. The van der Waals surface area contributed by atoms with Crippen molar-refractivity contribution in [2.75, 3.05) is 7.11 Å². The van der Waals surface area contributed by atoms with Crippen LogP contribution in [0, 0.1) is 16.0 Å². The van der Waals surface area contributed by atoms with Crippen molar-refractivity contribution < 1.29 is 19.2 Å². The molecule has 3 N–H and O–H groups in total. The van der Waals surface area contributed by atoms with Crippen LogP contribution in [0.5, 0.6) is 5.75 Å². The summed E-state index contributed by atoms with van der Waals surface area (Å²) in [6.07, 6.45) is 0.278. The summed E-state index contributed by atoms with van der Waals surface area (Å²) in [5, 5.41) is 13.4. The first kappa shape index (κ1) is 18.4. The molecule has 0 unspecified atom stereocenters. The summed E-state index contributed by atoms with van der Waals surface area (Å²) >= 11 is 0. The molecule has 23 heavy (non-hydrogen) atoms. The lowest BCUT2D eigenvalue weighted by Crippen LogP contribution is -2.46. The van der Waals surface area contributed by atoms with Gasteiger partial charge in [0.05, 0.1) is 12.0 Å². The van der Waals surface area contributed by atoms with Gasteiger partial charge in [-0.3, -0.25) is 19.7 Å². The Morgan fingerprint density at radius 2 is 2.04 bits per heavy atom. The van der Waals surface area contributed by atoms with Crippen LogP contribution in [0.15, 0.2) is 18.2 Å². The van der Waals surface area contributed by atoms with Crippen molar-refractivity contribution in [1.82, 2.24) is 5.32 Å². The van der Waals surface area contributed by atoms with E-state index in [0.717, 1.165) is 0 Å². The summed E-state index contributed by atoms with van der Waals surface area (Å²) in [5.74, 6) is -0.486. The van der Waals surface area contributed by atoms with Gasteiger partial charge in [-0.25, -0.2) is 0 Å². The average molecular weight is 323 g/mol. The largest absolute Gasteiger partial charge is 0.496 e. The Bertz CT molecular complexity index is 601. The number of hydrogen-bond acceptors (Lipinski definition) is 5. The summed E-state index contributed by atoms with van der Waals surface area (Å²) in [6, 6.07) is 3.10. The molecular formula is C15H21N3O5. The van der Waals surface area contributed by atoms with Gasteiger partial charge in [0.2, 0.25) is 11.8 Å². The maximum absolute atomic E-state index is 11.8. The predicted molar refractivity (Wildman–Crippen MR) is 83.9 cm³/mol. The number of nitro benzene ring substituents is 1. The van der Waals surface area contributed by atoms with E-state index >= 15 is 0 Å². The van der Waals surface area contributed by atoms with Gasteiger partial charge in [0.25, 0.3) is 5.69 Å². The van der Waals surface area contributed by atoms with Crippen LogP contribution in [0.25, 0.3) is 0 Å². The zero-order chi connectivity index (χ0) is 17.6. The molecule has 0 spiro atoms. The van der Waals surface area contributed by atoms with E-state index in [0.29, 0.717) is 11.3 Å². The minimum absolute atomic E-state index is 0.0179. The van der Waals surface area contributed by atoms with Gasteiger partial charge in [-0.1, -0.05) is 13.8 Å². The molecule has 1 rings (SSSR count). The van der Waals surface area contributed by atoms with E-state index in [-0.39, 0.29) is 30.4 Å². The lowest BCUT2D eigenvalue weighted by atomic mass is 10.0. The molecule has 8 nitrogen and oxygen atoms in total. The normalized spacial score (nSPS) is 11.8. The fourth-order valence-electron chi connectivity index (χ4n) is 2.10. The smallest absolute Gasteiger partial charge is 0.269 e. The molecule has 0 heterocycles. The van der Waals surface area contributed by atoms with E-state index in [9.17, 15) is 19.7 Å². The Labute approximate surface area is 134 Å². The zero-order valence-electron chi connectivity index (χ0n) is 13.4. The van der Waals surface area contributed by atoms with Crippen molar-refractivity contribution in [3.8, 4) is 5.75 Å². The van der Waals surface area contributed by atoms with E-state index in [2.05, 4.69) is 5.32 Å². The number of hydrogen-bond donors (Lipinski definition) is 2. The second-order valence-electron chi connectivity index (χ2n) is 5.58. The molecule has 1 aromatic carbocycles. The second-order valence-corrected chi connectivity index (χ2v) is 5.58. The number of nitrogens with zero attached hydrogens (tertiary/aromatic N) is 1. The van der Waals surface area contributed by atoms with Gasteiger partial charge in [0.15, 0.2) is 0 Å². The zero-order valence-corrected chi connectivity index (χ0v) is 13.4. The summed E-state index contributed by atoms with van der Waals surface area (Å²) in [7, 11) is 1.42. The number of non-ortho nitro benzene ring substituents is 1. The highest BCUT2D eigenvalue weighted by atomic mass is 16.6. The average Bonchev–Trinajstić information content (AvgIpc) is 2.45. The van der Waals surface area contributed by atoms with Crippen LogP contribution in [0.4, 0.5) is 5.69 Å². The van der Waals surface area contributed by atoms with Gasteiger partial charge < -0.3 is 15.8 Å². The van der Waals surface area contributed by atoms with E-state index in [4.69, 9.17) is 10.5 Å². The van der Waals surface area contributed by atoms with E-state index in [1.807, 2.05) is 13.8 Å². The number of rotatable bonds is 8.